The lowest BCUT2D eigenvalue weighted by atomic mass is 9.83. The van der Waals surface area contributed by atoms with Crippen molar-refractivity contribution in [1.82, 2.24) is 15.2 Å². The summed E-state index contributed by atoms with van der Waals surface area (Å²) in [5.41, 5.74) is 1.95. The SMILES string of the molecule is CC1CCNC(C2CCCCC2)CN1Cc1cncs1. The molecule has 2 fully saturated rings. The van der Waals surface area contributed by atoms with Crippen molar-refractivity contribution < 1.29 is 0 Å². The van der Waals surface area contributed by atoms with Crippen LogP contribution in [0.3, 0.4) is 0 Å². The molecule has 1 aromatic rings. The second-order valence-electron chi connectivity index (χ2n) is 6.49. The normalized spacial score (nSPS) is 30.2. The number of hydrogen-bond donors (Lipinski definition) is 1. The molecule has 0 radical (unpaired) electrons. The maximum atomic E-state index is 4.22. The van der Waals surface area contributed by atoms with Crippen molar-refractivity contribution in [2.45, 2.75) is 64.1 Å². The minimum absolute atomic E-state index is 0.679. The van der Waals surface area contributed by atoms with E-state index in [4.69, 9.17) is 0 Å². The second kappa shape index (κ2) is 7.01. The van der Waals surface area contributed by atoms with Crippen LogP contribution in [0.5, 0.6) is 0 Å². The molecule has 2 heterocycles. The van der Waals surface area contributed by atoms with Crippen LogP contribution in [0.15, 0.2) is 11.7 Å². The van der Waals surface area contributed by atoms with Gasteiger partial charge in [-0.25, -0.2) is 0 Å². The smallest absolute Gasteiger partial charge is 0.0794 e. The Labute approximate surface area is 126 Å². The Morgan fingerprint density at radius 2 is 2.15 bits per heavy atom. The maximum absolute atomic E-state index is 4.22. The highest BCUT2D eigenvalue weighted by atomic mass is 32.1. The summed E-state index contributed by atoms with van der Waals surface area (Å²) >= 11 is 1.79. The molecule has 3 rings (SSSR count). The average Bonchev–Trinajstić information content (AvgIpc) is 2.92. The fourth-order valence-corrected chi connectivity index (χ4v) is 4.37. The summed E-state index contributed by atoms with van der Waals surface area (Å²) < 4.78 is 0. The van der Waals surface area contributed by atoms with Gasteiger partial charge in [-0.1, -0.05) is 19.3 Å². The molecule has 1 aliphatic carbocycles. The second-order valence-corrected chi connectivity index (χ2v) is 7.46. The highest BCUT2D eigenvalue weighted by Gasteiger charge is 2.29. The molecule has 2 unspecified atom stereocenters. The predicted molar refractivity (Wildman–Crippen MR) is 85.0 cm³/mol. The Hall–Kier alpha value is -0.450. The summed E-state index contributed by atoms with van der Waals surface area (Å²) in [5.74, 6) is 0.901. The van der Waals surface area contributed by atoms with E-state index in [1.165, 1.54) is 56.5 Å². The van der Waals surface area contributed by atoms with E-state index in [0.29, 0.717) is 12.1 Å². The molecule has 1 saturated carbocycles. The van der Waals surface area contributed by atoms with Gasteiger partial charge in [0.1, 0.15) is 0 Å². The molecule has 0 bridgehead atoms. The third-order valence-electron chi connectivity index (χ3n) is 5.08. The molecular weight excluding hydrogens is 266 g/mol. The van der Waals surface area contributed by atoms with Gasteiger partial charge in [-0.05, 0) is 38.6 Å². The molecule has 3 nitrogen and oxygen atoms in total. The van der Waals surface area contributed by atoms with Gasteiger partial charge < -0.3 is 5.32 Å². The molecule has 2 aliphatic rings. The van der Waals surface area contributed by atoms with Crippen molar-refractivity contribution in [3.05, 3.63) is 16.6 Å². The van der Waals surface area contributed by atoms with Crippen LogP contribution in [0.1, 0.15) is 50.3 Å². The Kier molecular flexibility index (Phi) is 5.08. The van der Waals surface area contributed by atoms with E-state index < -0.39 is 0 Å². The first kappa shape index (κ1) is 14.5. The van der Waals surface area contributed by atoms with Crippen molar-refractivity contribution in [1.29, 1.82) is 0 Å². The van der Waals surface area contributed by atoms with Gasteiger partial charge in [-0.2, -0.15) is 0 Å². The Morgan fingerprint density at radius 3 is 2.90 bits per heavy atom. The van der Waals surface area contributed by atoms with Crippen LogP contribution in [-0.2, 0) is 6.54 Å². The van der Waals surface area contributed by atoms with E-state index in [0.717, 1.165) is 12.5 Å². The lowest BCUT2D eigenvalue weighted by Gasteiger charge is -2.34. The molecule has 0 aromatic carbocycles. The molecule has 1 aromatic heterocycles. The van der Waals surface area contributed by atoms with Crippen molar-refractivity contribution in [2.24, 2.45) is 5.92 Å². The largest absolute Gasteiger partial charge is 0.312 e. The van der Waals surface area contributed by atoms with Crippen molar-refractivity contribution in [3.8, 4) is 0 Å². The molecule has 0 spiro atoms. The number of hydrogen-bond acceptors (Lipinski definition) is 4. The van der Waals surface area contributed by atoms with Crippen LogP contribution < -0.4 is 5.32 Å². The molecule has 1 saturated heterocycles. The van der Waals surface area contributed by atoms with Crippen molar-refractivity contribution in [3.63, 3.8) is 0 Å². The summed E-state index contributed by atoms with van der Waals surface area (Å²) in [7, 11) is 0. The minimum atomic E-state index is 0.679. The first-order valence-corrected chi connectivity index (χ1v) is 9.05. The minimum Gasteiger partial charge on any atom is -0.312 e. The van der Waals surface area contributed by atoms with E-state index in [1.54, 1.807) is 11.3 Å². The topological polar surface area (TPSA) is 28.2 Å². The van der Waals surface area contributed by atoms with E-state index in [-0.39, 0.29) is 0 Å². The van der Waals surface area contributed by atoms with E-state index in [1.807, 2.05) is 11.7 Å². The zero-order chi connectivity index (χ0) is 13.8. The zero-order valence-corrected chi connectivity index (χ0v) is 13.4. The van der Waals surface area contributed by atoms with Crippen LogP contribution in [0.2, 0.25) is 0 Å². The number of rotatable bonds is 3. The lowest BCUT2D eigenvalue weighted by Crippen LogP contribution is -2.44. The molecule has 1 aliphatic heterocycles. The summed E-state index contributed by atoms with van der Waals surface area (Å²) in [5, 5.41) is 3.84. The van der Waals surface area contributed by atoms with Crippen molar-refractivity contribution >= 4 is 11.3 Å². The quantitative estimate of drug-likeness (QED) is 0.927. The first-order chi connectivity index (χ1) is 9.83. The van der Waals surface area contributed by atoms with Gasteiger partial charge >= 0.3 is 0 Å². The van der Waals surface area contributed by atoms with Crippen LogP contribution in [0.4, 0.5) is 0 Å². The van der Waals surface area contributed by atoms with Gasteiger partial charge in [0.2, 0.25) is 0 Å². The van der Waals surface area contributed by atoms with Crippen molar-refractivity contribution in [2.75, 3.05) is 13.1 Å². The van der Waals surface area contributed by atoms with Gasteiger partial charge in [-0.15, -0.1) is 11.3 Å². The maximum Gasteiger partial charge on any atom is 0.0794 e. The van der Waals surface area contributed by atoms with Crippen LogP contribution in [0.25, 0.3) is 0 Å². The highest BCUT2D eigenvalue weighted by Crippen LogP contribution is 2.28. The van der Waals surface area contributed by atoms with Crippen LogP contribution in [-0.4, -0.2) is 35.1 Å². The number of aromatic nitrogens is 1. The molecule has 20 heavy (non-hydrogen) atoms. The highest BCUT2D eigenvalue weighted by molar-refractivity contribution is 7.09. The molecular formula is C16H27N3S. The number of nitrogens with one attached hydrogen (secondary N) is 1. The Morgan fingerprint density at radius 1 is 1.30 bits per heavy atom. The summed E-state index contributed by atoms with van der Waals surface area (Å²) in [6, 6.07) is 1.38. The van der Waals surface area contributed by atoms with E-state index >= 15 is 0 Å². The lowest BCUT2D eigenvalue weighted by molar-refractivity contribution is 0.166. The van der Waals surface area contributed by atoms with E-state index in [2.05, 4.69) is 22.1 Å². The predicted octanol–water partition coefficient (Wildman–Crippen LogP) is 3.28. The van der Waals surface area contributed by atoms with Gasteiger partial charge in [0.25, 0.3) is 0 Å². The van der Waals surface area contributed by atoms with E-state index in [9.17, 15) is 0 Å². The fraction of sp³-hybridized carbons (Fsp3) is 0.812. The van der Waals surface area contributed by atoms with Gasteiger partial charge in [0, 0.05) is 36.2 Å². The molecule has 2 atom stereocenters. The third kappa shape index (κ3) is 3.60. The molecule has 112 valence electrons. The van der Waals surface area contributed by atoms with Gasteiger partial charge in [-0.3, -0.25) is 9.88 Å². The monoisotopic (exact) mass is 293 g/mol. The van der Waals surface area contributed by atoms with Crippen LogP contribution in [0, 0.1) is 5.92 Å². The molecule has 4 heteroatoms. The summed E-state index contributed by atoms with van der Waals surface area (Å²) in [6.07, 6.45) is 10.5. The third-order valence-corrected chi connectivity index (χ3v) is 5.85. The molecule has 0 amide bonds. The number of thiazole rings is 1. The van der Waals surface area contributed by atoms with Gasteiger partial charge in [0.05, 0.1) is 5.51 Å². The first-order valence-electron chi connectivity index (χ1n) is 8.18. The van der Waals surface area contributed by atoms with Crippen LogP contribution >= 0.6 is 11.3 Å². The Balaban J connectivity index is 1.64. The Bertz CT molecular complexity index is 386. The molecule has 1 N–H and O–H groups in total. The summed E-state index contributed by atoms with van der Waals surface area (Å²) in [6.45, 7) is 5.86. The fourth-order valence-electron chi connectivity index (χ4n) is 3.75. The number of nitrogens with zero attached hydrogens (tertiary/aromatic N) is 2. The summed E-state index contributed by atoms with van der Waals surface area (Å²) in [4.78, 5) is 8.30. The standard InChI is InChI=1S/C16H27N3S/c1-13-7-8-18-16(14-5-3-2-4-6-14)11-19(13)10-15-9-17-12-20-15/h9,12-14,16,18H,2-8,10-11H2,1H3. The van der Waals surface area contributed by atoms with Gasteiger partial charge in [0.15, 0.2) is 0 Å². The zero-order valence-electron chi connectivity index (χ0n) is 12.6. The average molecular weight is 293 g/mol.